The fourth-order valence-corrected chi connectivity index (χ4v) is 10.2. The summed E-state index contributed by atoms with van der Waals surface area (Å²) in [6.45, 7) is -2.84. The zero-order valence-electron chi connectivity index (χ0n) is 35.1. The van der Waals surface area contributed by atoms with Crippen molar-refractivity contribution >= 4 is 57.0 Å². The molecular weight excluding hydrogens is 997 g/mol. The number of nitrogens with zero attached hydrogens (tertiary/aromatic N) is 9. The summed E-state index contributed by atoms with van der Waals surface area (Å²) in [5, 5.41) is 34.2. The van der Waals surface area contributed by atoms with Gasteiger partial charge in [0.05, 0.1) is 57.8 Å². The Kier molecular flexibility index (Phi) is 13.5. The standard InChI is InChI=1S/C32H39N12O22P3/c1-57-21-12(62-30(18(21)45)42-9-39-15-24(42)33-6-36-27(15)48)3-60-68(53,54)66-23-14(64-32(20(23)47)44-11-41-17-26(44)35-8-38-29(17)50)5-61-69(55,56)65-22-13(4-59-67(51,52)58-2)63-31(19(22)46)43-10-40-16-25(43)34-7-37-28(16)49/h6-14,18-23,30-32,45-47H,3-5H2,1-2H3,(H,51,52)(H,53,54)(H,55,56)(H,33,36,48)(H,34,37,49)(H,35,38,50)/t12-,13-,14-,18?,19?,20?,21+,22+,23+,30-,31-,32-/m1/s1. The van der Waals surface area contributed by atoms with Crippen LogP contribution in [0.25, 0.3) is 33.5 Å². The van der Waals surface area contributed by atoms with E-state index in [0.29, 0.717) is 0 Å². The number of aromatic amines is 3. The number of aliphatic hydroxyl groups is 3. The quantitative estimate of drug-likeness (QED) is 0.0386. The van der Waals surface area contributed by atoms with Crippen molar-refractivity contribution in [1.82, 2.24) is 58.6 Å². The van der Waals surface area contributed by atoms with Gasteiger partial charge in [0.1, 0.15) is 54.9 Å². The second-order valence-corrected chi connectivity index (χ2v) is 19.5. The molecule has 3 aliphatic heterocycles. The molecule has 34 nitrogen and oxygen atoms in total. The van der Waals surface area contributed by atoms with Crippen LogP contribution in [0.1, 0.15) is 18.7 Å². The van der Waals surface area contributed by atoms with E-state index in [0.717, 1.165) is 47.9 Å². The summed E-state index contributed by atoms with van der Waals surface area (Å²) < 4.78 is 96.6. The second-order valence-electron chi connectivity index (χ2n) is 15.2. The maximum atomic E-state index is 13.7. The number of rotatable bonds is 18. The van der Waals surface area contributed by atoms with Gasteiger partial charge in [0.15, 0.2) is 52.2 Å². The Labute approximate surface area is 381 Å². The van der Waals surface area contributed by atoms with Gasteiger partial charge in [-0.1, -0.05) is 0 Å². The van der Waals surface area contributed by atoms with Crippen molar-refractivity contribution in [1.29, 1.82) is 0 Å². The maximum Gasteiger partial charge on any atom is 0.472 e. The maximum absolute atomic E-state index is 13.7. The topological polar surface area (TPSA) is 456 Å². The van der Waals surface area contributed by atoms with E-state index in [1.807, 2.05) is 0 Å². The van der Waals surface area contributed by atoms with Crippen LogP contribution >= 0.6 is 23.5 Å². The van der Waals surface area contributed by atoms with Crippen molar-refractivity contribution in [2.75, 3.05) is 34.0 Å². The van der Waals surface area contributed by atoms with Gasteiger partial charge in [-0.05, 0) is 0 Å². The highest BCUT2D eigenvalue weighted by Gasteiger charge is 2.54. The molecule has 69 heavy (non-hydrogen) atoms. The van der Waals surface area contributed by atoms with Crippen molar-refractivity contribution < 1.29 is 89.8 Å². The van der Waals surface area contributed by atoms with Crippen molar-refractivity contribution in [3.8, 4) is 0 Å². The Bertz CT molecular complexity index is 3180. The average molecular weight is 1040 g/mol. The monoisotopic (exact) mass is 1040 g/mol. The first-order valence-electron chi connectivity index (χ1n) is 19.9. The van der Waals surface area contributed by atoms with Crippen LogP contribution in [0.2, 0.25) is 0 Å². The minimum absolute atomic E-state index is 0.0300. The number of hydrogen-bond donors (Lipinski definition) is 9. The number of aromatic nitrogens is 12. The molecule has 6 unspecified atom stereocenters. The van der Waals surface area contributed by atoms with E-state index in [2.05, 4.69) is 49.4 Å². The molecule has 9 N–H and O–H groups in total. The van der Waals surface area contributed by atoms with Gasteiger partial charge >= 0.3 is 23.5 Å². The zero-order chi connectivity index (χ0) is 49.2. The molecule has 0 radical (unpaired) electrons. The largest absolute Gasteiger partial charge is 0.472 e. The van der Waals surface area contributed by atoms with Crippen molar-refractivity contribution in [3.05, 3.63) is 69.0 Å². The Morgan fingerprint density at radius 2 is 0.855 bits per heavy atom. The van der Waals surface area contributed by atoms with Crippen molar-refractivity contribution in [2.24, 2.45) is 0 Å². The normalized spacial score (nSPS) is 31.1. The molecule has 3 fully saturated rings. The van der Waals surface area contributed by atoms with Crippen LogP contribution in [-0.2, 0) is 59.8 Å². The lowest BCUT2D eigenvalue weighted by Gasteiger charge is -2.26. The smallest absolute Gasteiger partial charge is 0.386 e. The number of phosphoric acid groups is 3. The summed E-state index contributed by atoms with van der Waals surface area (Å²) in [5.41, 5.74) is -2.63. The summed E-state index contributed by atoms with van der Waals surface area (Å²) >= 11 is 0. The molecule has 15 atom stereocenters. The minimum atomic E-state index is -5.51. The predicted octanol–water partition coefficient (Wildman–Crippen LogP) is -3.06. The molecule has 9 rings (SSSR count). The Hall–Kier alpha value is -4.90. The third-order valence-electron chi connectivity index (χ3n) is 11.1. The number of fused-ring (bicyclic) bond motifs is 3. The van der Waals surface area contributed by atoms with E-state index in [9.17, 15) is 58.1 Å². The molecule has 6 aromatic rings. The summed E-state index contributed by atoms with van der Waals surface area (Å²) in [5.74, 6) is 0. The number of ether oxygens (including phenoxy) is 4. The van der Waals surface area contributed by atoms with E-state index in [4.69, 9.17) is 41.6 Å². The lowest BCUT2D eigenvalue weighted by molar-refractivity contribution is -0.0631. The molecule has 0 spiro atoms. The van der Waals surface area contributed by atoms with E-state index in [1.54, 1.807) is 0 Å². The summed E-state index contributed by atoms with van der Waals surface area (Å²) in [4.78, 5) is 100. The summed E-state index contributed by atoms with van der Waals surface area (Å²) in [6, 6.07) is 0. The van der Waals surface area contributed by atoms with E-state index >= 15 is 0 Å². The van der Waals surface area contributed by atoms with Gasteiger partial charge in [-0.3, -0.25) is 55.2 Å². The molecule has 0 amide bonds. The van der Waals surface area contributed by atoms with Crippen LogP contribution in [-0.4, -0.2) is 178 Å². The average Bonchev–Trinajstić information content (AvgIpc) is 4.18. The molecule has 9 heterocycles. The number of aliphatic hydroxyl groups excluding tert-OH is 3. The number of phosphoric ester groups is 3. The number of hydrogen-bond acceptors (Lipinski definition) is 25. The molecule has 0 aliphatic carbocycles. The van der Waals surface area contributed by atoms with Crippen LogP contribution in [0, 0.1) is 0 Å². The molecule has 3 saturated heterocycles. The number of methoxy groups -OCH3 is 1. The van der Waals surface area contributed by atoms with Gasteiger partial charge in [0, 0.05) is 14.2 Å². The van der Waals surface area contributed by atoms with Gasteiger partial charge in [-0.25, -0.2) is 43.6 Å². The lowest BCUT2D eigenvalue weighted by atomic mass is 10.1. The molecular formula is C32H39N12O22P3. The fraction of sp³-hybridized carbons (Fsp3) is 0.531. The molecule has 3 aliphatic rings. The Morgan fingerprint density at radius 3 is 1.19 bits per heavy atom. The first kappa shape index (κ1) is 49.1. The predicted molar refractivity (Wildman–Crippen MR) is 219 cm³/mol. The molecule has 0 saturated carbocycles. The SMILES string of the molecule is CO[C@@H]1C(O)[C@H](n2cnc3c(=O)[nH]cnc32)O[C@@H]1COP(=O)(O)O[C@@H]1C(O)[C@H](n2cnc3c(=O)[nH]cnc32)O[C@@H]1COP(=O)(O)O[C@@H]1C(O)[C@H](n2cnc3c(=O)[nH]cnc32)O[C@@H]1COP(=O)(O)OC. The highest BCUT2D eigenvalue weighted by molar-refractivity contribution is 7.48. The zero-order valence-corrected chi connectivity index (χ0v) is 37.8. The van der Waals surface area contributed by atoms with Crippen LogP contribution in [0.15, 0.2) is 52.3 Å². The number of nitrogens with one attached hydrogen (secondary N) is 3. The molecule has 0 aromatic carbocycles. The van der Waals surface area contributed by atoms with Gasteiger partial charge in [-0.2, -0.15) is 0 Å². The number of imidazole rings is 3. The van der Waals surface area contributed by atoms with Crippen LogP contribution in [0.3, 0.4) is 0 Å². The Morgan fingerprint density at radius 1 is 0.536 bits per heavy atom. The van der Waals surface area contributed by atoms with Gasteiger partial charge < -0.3 is 63.9 Å². The summed E-state index contributed by atoms with van der Waals surface area (Å²) in [6.07, 6.45) is -13.5. The summed E-state index contributed by atoms with van der Waals surface area (Å²) in [7, 11) is -13.6. The highest BCUT2D eigenvalue weighted by atomic mass is 31.2. The van der Waals surface area contributed by atoms with E-state index in [1.165, 1.54) is 18.0 Å². The first-order chi connectivity index (χ1) is 32.8. The van der Waals surface area contributed by atoms with E-state index in [-0.39, 0.29) is 33.5 Å². The van der Waals surface area contributed by atoms with Crippen LogP contribution in [0.5, 0.6) is 0 Å². The van der Waals surface area contributed by atoms with Crippen LogP contribution < -0.4 is 16.7 Å². The second kappa shape index (κ2) is 19.0. The van der Waals surface area contributed by atoms with Gasteiger partial charge in [0.2, 0.25) is 0 Å². The highest BCUT2D eigenvalue weighted by Crippen LogP contribution is 2.53. The molecule has 6 aromatic heterocycles. The van der Waals surface area contributed by atoms with Crippen molar-refractivity contribution in [3.63, 3.8) is 0 Å². The molecule has 37 heteroatoms. The van der Waals surface area contributed by atoms with Gasteiger partial charge in [0.25, 0.3) is 16.7 Å². The fourth-order valence-electron chi connectivity index (χ4n) is 7.87. The first-order valence-corrected chi connectivity index (χ1v) is 24.4. The Balaban J connectivity index is 0.936. The third kappa shape index (κ3) is 9.54. The van der Waals surface area contributed by atoms with Gasteiger partial charge in [-0.15, -0.1) is 0 Å². The van der Waals surface area contributed by atoms with Crippen LogP contribution in [0.4, 0.5) is 0 Å². The minimum Gasteiger partial charge on any atom is -0.386 e. The van der Waals surface area contributed by atoms with Crippen molar-refractivity contribution in [2.45, 2.75) is 73.6 Å². The molecule has 0 bridgehead atoms. The third-order valence-corrected chi connectivity index (χ3v) is 14.0. The van der Waals surface area contributed by atoms with E-state index < -0.39 is 134 Å². The number of H-pyrrole nitrogens is 3. The lowest BCUT2D eigenvalue weighted by Crippen LogP contribution is -2.38. The molecule has 374 valence electrons.